The largest absolute Gasteiger partial charge is 0.457 e. The average molecular weight is 858 g/mol. The van der Waals surface area contributed by atoms with Gasteiger partial charge in [-0.05, 0) is 97.1 Å². The molecule has 0 unspecified atom stereocenters. The Kier molecular flexibility index (Phi) is 7.00. The molecule has 1 spiro atoms. The first-order valence-corrected chi connectivity index (χ1v) is 23.5. The van der Waals surface area contributed by atoms with Crippen LogP contribution in [0.3, 0.4) is 0 Å². The zero-order valence-corrected chi connectivity index (χ0v) is 37.6. The van der Waals surface area contributed by atoms with E-state index in [1.807, 2.05) is 0 Å². The average Bonchev–Trinajstić information content (AvgIpc) is 4.01. The molecular formula is C63H43N3O. The molecule has 9 aromatic carbocycles. The van der Waals surface area contributed by atoms with Crippen LogP contribution in [0.5, 0.6) is 11.5 Å². The number of nitrogens with zero attached hydrogens (tertiary/aromatic N) is 3. The Bertz CT molecular complexity index is 3990. The number of para-hydroxylation sites is 3. The second kappa shape index (κ2) is 12.6. The normalized spacial score (nSPS) is 15.6. The molecule has 3 aliphatic carbocycles. The Morgan fingerprint density at radius 3 is 1.76 bits per heavy atom. The highest BCUT2D eigenvalue weighted by atomic mass is 16.5. The lowest BCUT2D eigenvalue weighted by Gasteiger charge is -2.39. The third kappa shape index (κ3) is 4.49. The lowest BCUT2D eigenvalue weighted by molar-refractivity contribution is 0.436. The summed E-state index contributed by atoms with van der Waals surface area (Å²) in [4.78, 5) is 11.4. The summed E-state index contributed by atoms with van der Waals surface area (Å²) in [5.74, 6) is 2.44. The summed E-state index contributed by atoms with van der Waals surface area (Å²) in [5, 5.41) is 3.44. The molecule has 0 atom stereocenters. The molecule has 11 aromatic rings. The Morgan fingerprint density at radius 1 is 0.433 bits per heavy atom. The molecule has 316 valence electrons. The number of aromatic nitrogens is 3. The third-order valence-electron chi connectivity index (χ3n) is 16.1. The first kappa shape index (κ1) is 37.2. The molecule has 1 aliphatic heterocycles. The van der Waals surface area contributed by atoms with Crippen molar-refractivity contribution in [2.75, 3.05) is 0 Å². The molecule has 0 saturated carbocycles. The first-order valence-electron chi connectivity index (χ1n) is 23.5. The van der Waals surface area contributed by atoms with Crippen molar-refractivity contribution in [3.05, 3.63) is 233 Å². The van der Waals surface area contributed by atoms with Crippen LogP contribution in [-0.4, -0.2) is 14.5 Å². The van der Waals surface area contributed by atoms with Crippen LogP contribution in [0.1, 0.15) is 72.2 Å². The molecule has 0 amide bonds. The Balaban J connectivity index is 1.08. The molecule has 0 fully saturated rings. The fourth-order valence-electron chi connectivity index (χ4n) is 13.2. The van der Waals surface area contributed by atoms with Gasteiger partial charge < -0.3 is 4.74 Å². The monoisotopic (exact) mass is 857 g/mol. The molecule has 0 N–H and O–H groups in total. The van der Waals surface area contributed by atoms with Crippen molar-refractivity contribution in [2.45, 2.75) is 43.9 Å². The highest BCUT2D eigenvalue weighted by Gasteiger charge is 2.52. The summed E-state index contributed by atoms with van der Waals surface area (Å²) < 4.78 is 9.15. The molecule has 4 nitrogen and oxygen atoms in total. The molecule has 3 heterocycles. The maximum absolute atomic E-state index is 6.73. The maximum Gasteiger partial charge on any atom is 0.235 e. The SMILES string of the molecule is CC1(C)c2ccccc2-c2ccc(-c3nc(-n4c5ccc6c(c5c5ccc7c(c54)C(C)(C)c4ccccc4-7)-c4ccccc4C64c5ccccc5Oc5ccccc54)nc4ccccc34)cc21. The van der Waals surface area contributed by atoms with E-state index in [0.717, 1.165) is 55.8 Å². The maximum atomic E-state index is 6.73. The van der Waals surface area contributed by atoms with Crippen molar-refractivity contribution in [1.82, 2.24) is 14.5 Å². The lowest BCUT2D eigenvalue weighted by Crippen LogP contribution is -2.32. The second-order valence-electron chi connectivity index (χ2n) is 20.0. The van der Waals surface area contributed by atoms with E-state index in [9.17, 15) is 0 Å². The summed E-state index contributed by atoms with van der Waals surface area (Å²) in [7, 11) is 0. The van der Waals surface area contributed by atoms with Gasteiger partial charge in [-0.1, -0.05) is 185 Å². The summed E-state index contributed by atoms with van der Waals surface area (Å²) in [6.07, 6.45) is 0. The lowest BCUT2D eigenvalue weighted by atomic mass is 9.66. The smallest absolute Gasteiger partial charge is 0.235 e. The number of rotatable bonds is 2. The van der Waals surface area contributed by atoms with E-state index in [2.05, 4.69) is 220 Å². The van der Waals surface area contributed by atoms with Crippen LogP contribution in [0.15, 0.2) is 188 Å². The van der Waals surface area contributed by atoms with E-state index in [1.54, 1.807) is 0 Å². The number of ether oxygens (including phenoxy) is 1. The molecule has 67 heavy (non-hydrogen) atoms. The summed E-state index contributed by atoms with van der Waals surface area (Å²) in [6, 6.07) is 69.1. The molecular weight excluding hydrogens is 815 g/mol. The fraction of sp³-hybridized carbons (Fsp3) is 0.111. The van der Waals surface area contributed by atoms with E-state index in [1.165, 1.54) is 77.5 Å². The van der Waals surface area contributed by atoms with Gasteiger partial charge >= 0.3 is 0 Å². The molecule has 4 heteroatoms. The minimum absolute atomic E-state index is 0.152. The van der Waals surface area contributed by atoms with E-state index in [-0.39, 0.29) is 10.8 Å². The number of hydrogen-bond donors (Lipinski definition) is 0. The zero-order chi connectivity index (χ0) is 44.6. The molecule has 0 bridgehead atoms. The molecule has 0 radical (unpaired) electrons. The van der Waals surface area contributed by atoms with E-state index >= 15 is 0 Å². The topological polar surface area (TPSA) is 39.9 Å². The zero-order valence-electron chi connectivity index (χ0n) is 37.6. The predicted octanol–water partition coefficient (Wildman–Crippen LogP) is 15.5. The molecule has 0 saturated heterocycles. The highest BCUT2D eigenvalue weighted by Crippen LogP contribution is 2.64. The van der Waals surface area contributed by atoms with Gasteiger partial charge in [-0.15, -0.1) is 0 Å². The van der Waals surface area contributed by atoms with Crippen LogP contribution < -0.4 is 4.74 Å². The van der Waals surface area contributed by atoms with E-state index in [4.69, 9.17) is 14.7 Å². The van der Waals surface area contributed by atoms with Gasteiger partial charge in [-0.2, -0.15) is 0 Å². The van der Waals surface area contributed by atoms with E-state index in [0.29, 0.717) is 5.95 Å². The van der Waals surface area contributed by atoms with Gasteiger partial charge in [-0.3, -0.25) is 4.57 Å². The molecule has 4 aliphatic rings. The van der Waals surface area contributed by atoms with Gasteiger partial charge in [0.2, 0.25) is 5.95 Å². The minimum atomic E-state index is -0.597. The van der Waals surface area contributed by atoms with Crippen molar-refractivity contribution in [3.63, 3.8) is 0 Å². The van der Waals surface area contributed by atoms with Gasteiger partial charge in [0.15, 0.2) is 0 Å². The van der Waals surface area contributed by atoms with Crippen LogP contribution in [-0.2, 0) is 16.2 Å². The first-order chi connectivity index (χ1) is 32.8. The quantitative estimate of drug-likeness (QED) is 0.174. The van der Waals surface area contributed by atoms with Gasteiger partial charge in [0.05, 0.1) is 27.7 Å². The van der Waals surface area contributed by atoms with Crippen LogP contribution in [0.2, 0.25) is 0 Å². The van der Waals surface area contributed by atoms with Crippen molar-refractivity contribution < 1.29 is 4.74 Å². The molecule has 2 aromatic heterocycles. The molecule has 15 rings (SSSR count). The number of fused-ring (bicyclic) bond motifs is 21. The van der Waals surface area contributed by atoms with Crippen molar-refractivity contribution >= 4 is 32.7 Å². The Morgan fingerprint density at radius 2 is 1.01 bits per heavy atom. The summed E-state index contributed by atoms with van der Waals surface area (Å²) in [6.45, 7) is 9.48. The fourth-order valence-corrected chi connectivity index (χ4v) is 13.2. The van der Waals surface area contributed by atoms with Gasteiger partial charge in [0.1, 0.15) is 11.5 Å². The van der Waals surface area contributed by atoms with Gasteiger partial charge in [0, 0.05) is 43.7 Å². The second-order valence-corrected chi connectivity index (χ2v) is 20.0. The van der Waals surface area contributed by atoms with Gasteiger partial charge in [-0.25, -0.2) is 9.97 Å². The standard InChI is InChI=1S/C63H43N3O/c1-61(2)44-21-9-5-17-37(44)39-30-29-36(35-50(39)61)58-42-20-8-14-26-51(42)64-60(65-58)66-52-34-33-49-55(56(52)43-32-31-40-38-18-6-10-22-45(38)62(3,4)57(40)59(43)66)41-19-7-11-23-46(41)63(49)47-24-12-15-27-53(47)67-54-28-16-13-25-48(54)63/h5-35H,1-4H3. The van der Waals surface area contributed by atoms with Crippen molar-refractivity contribution in [2.24, 2.45) is 0 Å². The third-order valence-corrected chi connectivity index (χ3v) is 16.1. The van der Waals surface area contributed by atoms with Crippen molar-refractivity contribution in [1.29, 1.82) is 0 Å². The van der Waals surface area contributed by atoms with Crippen LogP contribution >= 0.6 is 0 Å². The summed E-state index contributed by atoms with van der Waals surface area (Å²) in [5.41, 5.74) is 21.9. The number of hydrogen-bond acceptors (Lipinski definition) is 3. The highest BCUT2D eigenvalue weighted by molar-refractivity contribution is 6.20. The van der Waals surface area contributed by atoms with E-state index < -0.39 is 5.41 Å². The van der Waals surface area contributed by atoms with Crippen LogP contribution in [0.25, 0.3) is 83.3 Å². The minimum Gasteiger partial charge on any atom is -0.457 e. The Hall–Kier alpha value is -8.08. The van der Waals surface area contributed by atoms with Crippen LogP contribution in [0, 0.1) is 0 Å². The number of benzene rings is 9. The van der Waals surface area contributed by atoms with Gasteiger partial charge in [0.25, 0.3) is 0 Å². The Labute approximate surface area is 388 Å². The van der Waals surface area contributed by atoms with Crippen molar-refractivity contribution in [3.8, 4) is 62.1 Å². The summed E-state index contributed by atoms with van der Waals surface area (Å²) >= 11 is 0. The predicted molar refractivity (Wildman–Crippen MR) is 272 cm³/mol. The van der Waals surface area contributed by atoms with Crippen LogP contribution in [0.4, 0.5) is 0 Å².